The quantitative estimate of drug-likeness (QED) is 0.502. The highest BCUT2D eigenvalue weighted by atomic mass is 31.2. The molecule has 1 rings (SSSR count). The first-order valence-electron chi connectivity index (χ1n) is 6.76. The van der Waals surface area contributed by atoms with Gasteiger partial charge in [0.05, 0.1) is 19.4 Å². The smallest absolute Gasteiger partial charge is 0.330 e. The number of ether oxygens (including phenoxy) is 3. The fraction of sp³-hybridized carbons (Fsp3) is 0.917. The summed E-state index contributed by atoms with van der Waals surface area (Å²) in [5.74, 6) is -0.430. The maximum absolute atomic E-state index is 12.3. The molecule has 1 saturated heterocycles. The average molecular weight is 310 g/mol. The van der Waals surface area contributed by atoms with Crippen LogP contribution in [0.1, 0.15) is 34.1 Å². The van der Waals surface area contributed by atoms with E-state index in [1.165, 1.54) is 6.92 Å². The molecule has 1 heterocycles. The van der Waals surface area contributed by atoms with Gasteiger partial charge in [-0.25, -0.2) is 0 Å². The first-order chi connectivity index (χ1) is 9.40. The molecule has 20 heavy (non-hydrogen) atoms. The van der Waals surface area contributed by atoms with Gasteiger partial charge in [0.1, 0.15) is 6.10 Å². The number of hydrogen-bond acceptors (Lipinski definition) is 7. The Morgan fingerprint density at radius 1 is 1.20 bits per heavy atom. The summed E-state index contributed by atoms with van der Waals surface area (Å²) in [5, 5.41) is 0. The van der Waals surface area contributed by atoms with Gasteiger partial charge in [0.2, 0.25) is 6.29 Å². The highest BCUT2D eigenvalue weighted by Gasteiger charge is 2.37. The summed E-state index contributed by atoms with van der Waals surface area (Å²) in [7, 11) is -3.11. The minimum Gasteiger partial charge on any atom is -0.433 e. The molecular formula is C12H23O7P. The van der Waals surface area contributed by atoms with Crippen LogP contribution in [-0.2, 0) is 32.6 Å². The average Bonchev–Trinajstić information content (AvgIpc) is 2.68. The Kier molecular flexibility index (Phi) is 7.12. The second kappa shape index (κ2) is 8.10. The topological polar surface area (TPSA) is 80.3 Å². The molecule has 1 unspecified atom stereocenters. The van der Waals surface area contributed by atoms with E-state index in [0.29, 0.717) is 19.6 Å². The van der Waals surface area contributed by atoms with Crippen LogP contribution in [0.3, 0.4) is 0 Å². The first kappa shape index (κ1) is 17.6. The van der Waals surface area contributed by atoms with Crippen LogP contribution in [0.15, 0.2) is 0 Å². The summed E-state index contributed by atoms with van der Waals surface area (Å²) in [4.78, 5) is 10.9. The molecule has 0 radical (unpaired) electrons. The highest BCUT2D eigenvalue weighted by Crippen LogP contribution is 2.49. The third kappa shape index (κ3) is 5.50. The van der Waals surface area contributed by atoms with Crippen LogP contribution in [0.2, 0.25) is 0 Å². The van der Waals surface area contributed by atoms with Crippen LogP contribution in [0.25, 0.3) is 0 Å². The van der Waals surface area contributed by atoms with Gasteiger partial charge in [-0.15, -0.1) is 0 Å². The summed E-state index contributed by atoms with van der Waals surface area (Å²) in [6.07, 6.45) is -1.12. The van der Waals surface area contributed by atoms with Crippen molar-refractivity contribution < 1.29 is 32.6 Å². The fourth-order valence-electron chi connectivity index (χ4n) is 1.84. The summed E-state index contributed by atoms with van der Waals surface area (Å²) < 4.78 is 38.5. The Morgan fingerprint density at radius 2 is 1.80 bits per heavy atom. The van der Waals surface area contributed by atoms with E-state index in [2.05, 4.69) is 0 Å². The number of carbonyl (C=O) groups excluding carboxylic acids is 1. The molecule has 3 atom stereocenters. The molecular weight excluding hydrogens is 287 g/mol. The Hall–Kier alpha value is -0.460. The lowest BCUT2D eigenvalue weighted by Gasteiger charge is -2.18. The minimum absolute atomic E-state index is 0.193. The third-order valence-electron chi connectivity index (χ3n) is 2.61. The maximum Gasteiger partial charge on any atom is 0.330 e. The fourth-order valence-corrected chi connectivity index (χ4v) is 3.49. The normalized spacial score (nSPS) is 26.7. The van der Waals surface area contributed by atoms with E-state index >= 15 is 0 Å². The highest BCUT2D eigenvalue weighted by molar-refractivity contribution is 7.53. The maximum atomic E-state index is 12.3. The lowest BCUT2D eigenvalue weighted by atomic mass is 10.4. The van der Waals surface area contributed by atoms with Gasteiger partial charge < -0.3 is 23.3 Å². The van der Waals surface area contributed by atoms with Crippen LogP contribution in [0.4, 0.5) is 0 Å². The number of esters is 1. The van der Waals surface area contributed by atoms with E-state index in [0.717, 1.165) is 0 Å². The summed E-state index contributed by atoms with van der Waals surface area (Å²) in [6, 6.07) is 0. The zero-order chi connectivity index (χ0) is 15.2. The van der Waals surface area contributed by atoms with Crippen molar-refractivity contribution in [3.8, 4) is 0 Å². The van der Waals surface area contributed by atoms with Gasteiger partial charge in [0, 0.05) is 13.3 Å². The van der Waals surface area contributed by atoms with Gasteiger partial charge in [-0.05, 0) is 20.8 Å². The van der Waals surface area contributed by atoms with Gasteiger partial charge in [0.15, 0.2) is 6.29 Å². The van der Waals surface area contributed by atoms with Crippen molar-refractivity contribution in [2.45, 2.75) is 52.8 Å². The molecule has 0 aromatic heterocycles. The van der Waals surface area contributed by atoms with Crippen molar-refractivity contribution in [2.75, 3.05) is 19.4 Å². The number of rotatable bonds is 8. The predicted octanol–water partition coefficient (Wildman–Crippen LogP) is 2.29. The van der Waals surface area contributed by atoms with Crippen LogP contribution < -0.4 is 0 Å². The van der Waals surface area contributed by atoms with Crippen LogP contribution in [-0.4, -0.2) is 44.0 Å². The molecule has 118 valence electrons. The van der Waals surface area contributed by atoms with Gasteiger partial charge in [-0.2, -0.15) is 0 Å². The zero-order valence-corrected chi connectivity index (χ0v) is 13.3. The molecule has 8 heteroatoms. The Labute approximate surface area is 119 Å². The van der Waals surface area contributed by atoms with E-state index < -0.39 is 26.1 Å². The van der Waals surface area contributed by atoms with E-state index in [4.69, 9.17) is 23.3 Å². The van der Waals surface area contributed by atoms with Crippen molar-refractivity contribution in [2.24, 2.45) is 0 Å². The standard InChI is InChI=1S/C12H23O7P/c1-5-15-20(14,16-6-2)8-7-11-17-9(3)12(19-11)18-10(4)13/h9,11-12H,5-8H2,1-4H3/t9-,11-,12?/m1/s1. The Morgan fingerprint density at radius 3 is 2.30 bits per heavy atom. The van der Waals surface area contributed by atoms with Crippen LogP contribution in [0, 0.1) is 0 Å². The summed E-state index contributed by atoms with van der Waals surface area (Å²) >= 11 is 0. The zero-order valence-electron chi connectivity index (χ0n) is 12.4. The van der Waals surface area contributed by atoms with Gasteiger partial charge in [0.25, 0.3) is 0 Å². The molecule has 1 aliphatic heterocycles. The summed E-state index contributed by atoms with van der Waals surface area (Å²) in [5.41, 5.74) is 0. The van der Waals surface area contributed by atoms with E-state index in [9.17, 15) is 9.36 Å². The molecule has 1 aliphatic rings. The Bertz CT molecular complexity index is 350. The Balaban J connectivity index is 2.45. The molecule has 0 saturated carbocycles. The van der Waals surface area contributed by atoms with E-state index in [1.54, 1.807) is 20.8 Å². The molecule has 7 nitrogen and oxygen atoms in total. The van der Waals surface area contributed by atoms with E-state index in [1.807, 2.05) is 0 Å². The van der Waals surface area contributed by atoms with Gasteiger partial charge in [-0.1, -0.05) is 0 Å². The molecule has 0 spiro atoms. The molecule has 0 amide bonds. The van der Waals surface area contributed by atoms with Gasteiger partial charge in [-0.3, -0.25) is 9.36 Å². The minimum atomic E-state index is -3.11. The largest absolute Gasteiger partial charge is 0.433 e. The van der Waals surface area contributed by atoms with Gasteiger partial charge >= 0.3 is 13.6 Å². The summed E-state index contributed by atoms with van der Waals surface area (Å²) in [6.45, 7) is 7.20. The second-order valence-electron chi connectivity index (χ2n) is 4.34. The molecule has 0 N–H and O–H groups in total. The lowest BCUT2D eigenvalue weighted by Crippen LogP contribution is -2.24. The predicted molar refractivity (Wildman–Crippen MR) is 71.3 cm³/mol. The SMILES string of the molecule is CCOP(=O)(CC[C@H]1OC(OC(C)=O)[C@@H](C)O1)OCC. The monoisotopic (exact) mass is 310 g/mol. The van der Waals surface area contributed by atoms with Crippen LogP contribution in [0.5, 0.6) is 0 Å². The molecule has 0 aromatic rings. The second-order valence-corrected chi connectivity index (χ2v) is 6.53. The van der Waals surface area contributed by atoms with E-state index in [-0.39, 0.29) is 12.3 Å². The van der Waals surface area contributed by atoms with Crippen molar-refractivity contribution >= 4 is 13.6 Å². The first-order valence-corrected chi connectivity index (χ1v) is 8.49. The number of hydrogen-bond donors (Lipinski definition) is 0. The molecule has 0 bridgehead atoms. The molecule has 0 aromatic carbocycles. The van der Waals surface area contributed by atoms with Crippen molar-refractivity contribution in [3.05, 3.63) is 0 Å². The van der Waals surface area contributed by atoms with Crippen molar-refractivity contribution in [3.63, 3.8) is 0 Å². The molecule has 0 aliphatic carbocycles. The third-order valence-corrected chi connectivity index (χ3v) is 4.72. The van der Waals surface area contributed by atoms with Crippen molar-refractivity contribution in [1.29, 1.82) is 0 Å². The van der Waals surface area contributed by atoms with Crippen molar-refractivity contribution in [1.82, 2.24) is 0 Å². The molecule has 1 fully saturated rings. The number of carbonyl (C=O) groups is 1. The van der Waals surface area contributed by atoms with Crippen LogP contribution >= 0.6 is 7.60 Å². The lowest BCUT2D eigenvalue weighted by molar-refractivity contribution is -0.175.